The molecule has 12 heteroatoms. The van der Waals surface area contributed by atoms with Crippen molar-refractivity contribution in [3.05, 3.63) is 34.3 Å². The number of aromatic nitrogens is 3. The van der Waals surface area contributed by atoms with E-state index in [2.05, 4.69) is 25.2 Å². The Morgan fingerprint density at radius 3 is 2.60 bits per heavy atom. The Hall–Kier alpha value is -2.34. The molecular weight excluding hydrogens is 428 g/mol. The number of aliphatic carboxylic acids is 1. The first kappa shape index (κ1) is 22.3. The molecule has 0 amide bonds. The monoisotopic (exact) mass is 448 g/mol. The Morgan fingerprint density at radius 2 is 2.03 bits per heavy atom. The maximum Gasteiger partial charge on any atom is 0.490 e. The van der Waals surface area contributed by atoms with E-state index in [-0.39, 0.29) is 6.10 Å². The second-order valence-corrected chi connectivity index (χ2v) is 8.06. The van der Waals surface area contributed by atoms with Crippen LogP contribution in [0, 0.1) is 24.6 Å². The lowest BCUT2D eigenvalue weighted by molar-refractivity contribution is -0.192. The molecule has 0 aliphatic carbocycles. The highest BCUT2D eigenvalue weighted by molar-refractivity contribution is 7.09. The Kier molecular flexibility index (Phi) is 6.86. The van der Waals surface area contributed by atoms with Gasteiger partial charge in [0.05, 0.1) is 30.1 Å². The van der Waals surface area contributed by atoms with Crippen LogP contribution in [0.2, 0.25) is 0 Å². The first-order chi connectivity index (χ1) is 14.1. The van der Waals surface area contributed by atoms with Gasteiger partial charge in [-0.3, -0.25) is 0 Å². The average Bonchev–Trinajstić information content (AvgIpc) is 3.28. The molecule has 0 spiro atoms. The fraction of sp³-hybridized carbons (Fsp3) is 0.556. The van der Waals surface area contributed by atoms with E-state index in [4.69, 9.17) is 14.6 Å². The summed E-state index contributed by atoms with van der Waals surface area (Å²) in [6.07, 6.45) is -0.394. The molecular formula is C18H20F4N4O3S. The van der Waals surface area contributed by atoms with Crippen LogP contribution in [0.5, 0.6) is 0 Å². The van der Waals surface area contributed by atoms with Gasteiger partial charge in [-0.15, -0.1) is 11.3 Å². The number of fused-ring (bicyclic) bond motifs is 1. The summed E-state index contributed by atoms with van der Waals surface area (Å²) in [5.74, 6) is -1.48. The molecule has 3 atom stereocenters. The van der Waals surface area contributed by atoms with Crippen LogP contribution in [-0.2, 0) is 16.0 Å². The fourth-order valence-electron chi connectivity index (χ4n) is 3.62. The van der Waals surface area contributed by atoms with Crippen LogP contribution in [0.15, 0.2) is 17.8 Å². The molecule has 0 saturated carbocycles. The summed E-state index contributed by atoms with van der Waals surface area (Å²) in [5, 5.41) is 10.4. The number of ether oxygens (including phenoxy) is 1. The van der Waals surface area contributed by atoms with Crippen LogP contribution >= 0.6 is 11.3 Å². The third-order valence-corrected chi connectivity index (χ3v) is 5.96. The van der Waals surface area contributed by atoms with E-state index in [1.165, 1.54) is 12.4 Å². The van der Waals surface area contributed by atoms with Crippen molar-refractivity contribution >= 4 is 23.3 Å². The zero-order chi connectivity index (χ0) is 21.9. The summed E-state index contributed by atoms with van der Waals surface area (Å²) < 4.78 is 50.8. The van der Waals surface area contributed by atoms with Gasteiger partial charge in [0, 0.05) is 36.5 Å². The molecule has 4 rings (SSSR count). The van der Waals surface area contributed by atoms with Crippen LogP contribution < -0.4 is 4.90 Å². The maximum absolute atomic E-state index is 13.0. The van der Waals surface area contributed by atoms with E-state index < -0.39 is 18.0 Å². The average molecular weight is 448 g/mol. The number of anilines is 1. The minimum Gasteiger partial charge on any atom is -0.475 e. The zero-order valence-corrected chi connectivity index (χ0v) is 16.8. The Balaban J connectivity index is 0.000000318. The first-order valence-corrected chi connectivity index (χ1v) is 10.1. The minimum atomic E-state index is -5.08. The van der Waals surface area contributed by atoms with Gasteiger partial charge in [-0.05, 0) is 19.3 Å². The van der Waals surface area contributed by atoms with Crippen molar-refractivity contribution in [2.45, 2.75) is 32.0 Å². The van der Waals surface area contributed by atoms with Gasteiger partial charge in [0.1, 0.15) is 0 Å². The van der Waals surface area contributed by atoms with Gasteiger partial charge in [0.2, 0.25) is 5.95 Å². The summed E-state index contributed by atoms with van der Waals surface area (Å²) in [7, 11) is 0. The predicted molar refractivity (Wildman–Crippen MR) is 99.8 cm³/mol. The normalized spacial score (nSPS) is 23.5. The number of rotatable bonds is 3. The lowest BCUT2D eigenvalue weighted by Crippen LogP contribution is -2.42. The number of thiazole rings is 1. The number of carboxylic acids is 1. The number of nitrogens with zero attached hydrogens (tertiary/aromatic N) is 4. The Labute approximate surface area is 173 Å². The summed E-state index contributed by atoms with van der Waals surface area (Å²) in [6, 6.07) is 0. The maximum atomic E-state index is 13.0. The standard InChI is InChI=1S/C16H19FN4OS.C2HF3O2/c1-10-9-23-15(20-10)4-14-13-2-3-21(7-11(13)8-22-14)16-18-5-12(17)6-19-16;3-2(4,5)1(6)7/h5-6,9,11,13-14H,2-4,7-8H2,1H3;(H,6,7)/t11-,13-,14+;/m1./s1. The molecule has 164 valence electrons. The molecule has 0 aromatic carbocycles. The van der Waals surface area contributed by atoms with Crippen molar-refractivity contribution in [3.8, 4) is 0 Å². The van der Waals surface area contributed by atoms with Crippen LogP contribution in [0.1, 0.15) is 17.1 Å². The molecule has 1 N–H and O–H groups in total. The SMILES string of the molecule is Cc1csc(C[C@@H]2OC[C@H]3CN(c4ncc(F)cn4)CC[C@H]32)n1.O=C(O)C(F)(F)F. The number of aryl methyl sites for hydroxylation is 1. The first-order valence-electron chi connectivity index (χ1n) is 9.18. The zero-order valence-electron chi connectivity index (χ0n) is 16.0. The predicted octanol–water partition coefficient (Wildman–Crippen LogP) is 3.10. The molecule has 4 heterocycles. The molecule has 0 bridgehead atoms. The number of halogens is 4. The topological polar surface area (TPSA) is 88.4 Å². The van der Waals surface area contributed by atoms with Gasteiger partial charge in [-0.2, -0.15) is 13.2 Å². The van der Waals surface area contributed by atoms with Gasteiger partial charge in [-0.25, -0.2) is 24.1 Å². The van der Waals surface area contributed by atoms with Gasteiger partial charge in [0.25, 0.3) is 0 Å². The van der Waals surface area contributed by atoms with Crippen LogP contribution in [-0.4, -0.2) is 58.0 Å². The van der Waals surface area contributed by atoms with E-state index >= 15 is 0 Å². The molecule has 2 aromatic heterocycles. The Morgan fingerprint density at radius 1 is 1.37 bits per heavy atom. The van der Waals surface area contributed by atoms with Gasteiger partial charge in [-0.1, -0.05) is 0 Å². The van der Waals surface area contributed by atoms with Crippen molar-refractivity contribution in [1.29, 1.82) is 0 Å². The van der Waals surface area contributed by atoms with Gasteiger partial charge < -0.3 is 14.7 Å². The van der Waals surface area contributed by atoms with Gasteiger partial charge in [0.15, 0.2) is 5.82 Å². The molecule has 2 saturated heterocycles. The van der Waals surface area contributed by atoms with E-state index in [0.717, 1.165) is 43.2 Å². The lowest BCUT2D eigenvalue weighted by atomic mass is 9.83. The van der Waals surface area contributed by atoms with Crippen LogP contribution in [0.3, 0.4) is 0 Å². The third-order valence-electron chi connectivity index (χ3n) is 4.97. The lowest BCUT2D eigenvalue weighted by Gasteiger charge is -2.35. The molecule has 7 nitrogen and oxygen atoms in total. The second kappa shape index (κ2) is 9.21. The molecule has 2 fully saturated rings. The number of alkyl halides is 3. The summed E-state index contributed by atoms with van der Waals surface area (Å²) in [4.78, 5) is 23.8. The van der Waals surface area contributed by atoms with E-state index in [0.29, 0.717) is 17.8 Å². The van der Waals surface area contributed by atoms with Crippen molar-refractivity contribution in [3.63, 3.8) is 0 Å². The summed E-state index contributed by atoms with van der Waals surface area (Å²) >= 11 is 1.72. The second-order valence-electron chi connectivity index (χ2n) is 7.12. The van der Waals surface area contributed by atoms with E-state index in [1.54, 1.807) is 11.3 Å². The molecule has 0 unspecified atom stereocenters. The van der Waals surface area contributed by atoms with Crippen molar-refractivity contribution in [1.82, 2.24) is 15.0 Å². The highest BCUT2D eigenvalue weighted by Gasteiger charge is 2.41. The Bertz CT molecular complexity index is 862. The van der Waals surface area contributed by atoms with Crippen LogP contribution in [0.4, 0.5) is 23.5 Å². The van der Waals surface area contributed by atoms with Crippen molar-refractivity contribution in [2.75, 3.05) is 24.6 Å². The fourth-order valence-corrected chi connectivity index (χ4v) is 4.43. The molecule has 2 aliphatic heterocycles. The number of hydrogen-bond acceptors (Lipinski definition) is 7. The third kappa shape index (κ3) is 5.63. The largest absolute Gasteiger partial charge is 0.490 e. The smallest absolute Gasteiger partial charge is 0.475 e. The van der Waals surface area contributed by atoms with Crippen molar-refractivity contribution < 1.29 is 32.2 Å². The molecule has 0 radical (unpaired) electrons. The molecule has 30 heavy (non-hydrogen) atoms. The quantitative estimate of drug-likeness (QED) is 0.722. The van der Waals surface area contributed by atoms with E-state index in [9.17, 15) is 17.6 Å². The highest BCUT2D eigenvalue weighted by Crippen LogP contribution is 2.37. The molecule has 2 aliphatic rings. The minimum absolute atomic E-state index is 0.266. The number of carboxylic acid groups (broad SMARTS) is 1. The number of hydrogen-bond donors (Lipinski definition) is 1. The summed E-state index contributed by atoms with van der Waals surface area (Å²) in [5.41, 5.74) is 1.09. The van der Waals surface area contributed by atoms with Crippen molar-refractivity contribution in [2.24, 2.45) is 11.8 Å². The number of carbonyl (C=O) groups is 1. The molecule has 2 aromatic rings. The van der Waals surface area contributed by atoms with Crippen LogP contribution in [0.25, 0.3) is 0 Å². The summed E-state index contributed by atoms with van der Waals surface area (Å²) in [6.45, 7) is 4.57. The number of piperidine rings is 1. The highest BCUT2D eigenvalue weighted by atomic mass is 32.1. The van der Waals surface area contributed by atoms with Gasteiger partial charge >= 0.3 is 12.1 Å². The van der Waals surface area contributed by atoms with E-state index in [1.807, 2.05) is 6.92 Å².